The van der Waals surface area contributed by atoms with Crippen LogP contribution >= 0.6 is 0 Å². The van der Waals surface area contributed by atoms with Gasteiger partial charge in [0.1, 0.15) is 0 Å². The molecule has 4 rings (SSSR count). The summed E-state index contributed by atoms with van der Waals surface area (Å²) in [7, 11) is 0. The van der Waals surface area contributed by atoms with Crippen LogP contribution in [0.1, 0.15) is 54.8 Å². The van der Waals surface area contributed by atoms with E-state index in [4.69, 9.17) is 4.42 Å². The molecule has 1 aromatic rings. The van der Waals surface area contributed by atoms with Gasteiger partial charge in [0.2, 0.25) is 11.7 Å². The van der Waals surface area contributed by atoms with Crippen LogP contribution in [0.25, 0.3) is 0 Å². The summed E-state index contributed by atoms with van der Waals surface area (Å²) < 4.78 is 5.26. The second-order valence-corrected chi connectivity index (χ2v) is 8.16. The van der Waals surface area contributed by atoms with Gasteiger partial charge in [-0.1, -0.05) is 0 Å². The number of amides is 2. The van der Waals surface area contributed by atoms with Crippen LogP contribution in [0.5, 0.6) is 0 Å². The monoisotopic (exact) mass is 374 g/mol. The van der Waals surface area contributed by atoms with E-state index in [9.17, 15) is 9.59 Å². The van der Waals surface area contributed by atoms with Crippen molar-refractivity contribution in [3.8, 4) is 0 Å². The topological polar surface area (TPSA) is 69.9 Å². The van der Waals surface area contributed by atoms with Crippen LogP contribution in [0.4, 0.5) is 0 Å². The number of rotatable bonds is 3. The minimum Gasteiger partial charge on any atom is -0.438 e. The molecule has 0 saturated carbocycles. The predicted octanol–water partition coefficient (Wildman–Crippen LogP) is 1.92. The Hall–Kier alpha value is -1.89. The zero-order valence-electron chi connectivity index (χ0n) is 16.2. The van der Waals surface area contributed by atoms with Gasteiger partial charge in [-0.25, -0.2) is 4.98 Å². The summed E-state index contributed by atoms with van der Waals surface area (Å²) in [5.74, 6) is 0.839. The number of piperidine rings is 2. The molecule has 0 aromatic carbocycles. The fourth-order valence-corrected chi connectivity index (χ4v) is 4.82. The molecule has 4 heterocycles. The van der Waals surface area contributed by atoms with Crippen molar-refractivity contribution < 1.29 is 14.0 Å². The highest BCUT2D eigenvalue weighted by atomic mass is 16.3. The smallest absolute Gasteiger partial charge is 0.291 e. The number of hydrogen-bond donors (Lipinski definition) is 0. The van der Waals surface area contributed by atoms with E-state index in [0.29, 0.717) is 23.4 Å². The summed E-state index contributed by atoms with van der Waals surface area (Å²) in [6.07, 6.45) is 7.68. The van der Waals surface area contributed by atoms with Crippen molar-refractivity contribution in [3.05, 3.63) is 17.8 Å². The molecule has 0 bridgehead atoms. The molecule has 3 saturated heterocycles. The Morgan fingerprint density at radius 3 is 2.41 bits per heavy atom. The normalized spacial score (nSPS) is 25.1. The third-order valence-corrected chi connectivity index (χ3v) is 6.43. The predicted molar refractivity (Wildman–Crippen MR) is 100 cm³/mol. The number of aromatic nitrogens is 1. The molecule has 0 aliphatic carbocycles. The van der Waals surface area contributed by atoms with Crippen molar-refractivity contribution in [2.24, 2.45) is 5.92 Å². The van der Waals surface area contributed by atoms with Crippen molar-refractivity contribution >= 4 is 11.8 Å². The number of carbonyl (C=O) groups excluding carboxylic acids is 2. The van der Waals surface area contributed by atoms with E-state index in [0.717, 1.165) is 77.8 Å². The van der Waals surface area contributed by atoms with E-state index in [-0.39, 0.29) is 11.8 Å². The lowest BCUT2D eigenvalue weighted by molar-refractivity contribution is -0.136. The summed E-state index contributed by atoms with van der Waals surface area (Å²) in [5, 5.41) is 0. The molecule has 3 aliphatic rings. The molecular weight excluding hydrogens is 344 g/mol. The number of likely N-dealkylation sites (tertiary alicyclic amines) is 3. The Morgan fingerprint density at radius 2 is 1.74 bits per heavy atom. The third-order valence-electron chi connectivity index (χ3n) is 6.43. The molecule has 7 heteroatoms. The minimum atomic E-state index is -0.0517. The molecule has 3 fully saturated rings. The van der Waals surface area contributed by atoms with Crippen molar-refractivity contribution in [1.82, 2.24) is 19.7 Å². The molecule has 7 nitrogen and oxygen atoms in total. The summed E-state index contributed by atoms with van der Waals surface area (Å²) in [6.45, 7) is 7.12. The number of aryl methyl sites for hydroxylation is 1. The van der Waals surface area contributed by atoms with E-state index >= 15 is 0 Å². The Bertz CT molecular complexity index is 675. The van der Waals surface area contributed by atoms with Crippen LogP contribution in [-0.2, 0) is 4.79 Å². The first-order chi connectivity index (χ1) is 13.1. The molecular formula is C20H30N4O3. The van der Waals surface area contributed by atoms with Crippen molar-refractivity contribution in [2.45, 2.75) is 51.5 Å². The standard InChI is InChI=1S/C20H30N4O3/c1-15-18(27-14-21-15)20(26)23-11-6-17(7-12-23)24-10-4-5-16(13-24)19(25)22-8-2-3-9-22/h14,16-17H,2-13H2,1H3. The fourth-order valence-electron chi connectivity index (χ4n) is 4.82. The van der Waals surface area contributed by atoms with Gasteiger partial charge in [0, 0.05) is 38.8 Å². The van der Waals surface area contributed by atoms with E-state index in [1.165, 1.54) is 6.39 Å². The van der Waals surface area contributed by atoms with Gasteiger partial charge in [-0.15, -0.1) is 0 Å². The quantitative estimate of drug-likeness (QED) is 0.808. The van der Waals surface area contributed by atoms with Crippen molar-refractivity contribution in [2.75, 3.05) is 39.3 Å². The Morgan fingerprint density at radius 1 is 1.00 bits per heavy atom. The van der Waals surface area contributed by atoms with Crippen LogP contribution in [-0.4, -0.2) is 76.8 Å². The molecule has 0 N–H and O–H groups in total. The number of hydrogen-bond acceptors (Lipinski definition) is 5. The average molecular weight is 374 g/mol. The molecule has 1 aromatic heterocycles. The fraction of sp³-hybridized carbons (Fsp3) is 0.750. The maximum Gasteiger partial charge on any atom is 0.291 e. The van der Waals surface area contributed by atoms with E-state index < -0.39 is 0 Å². The average Bonchev–Trinajstić information content (AvgIpc) is 3.39. The zero-order chi connectivity index (χ0) is 18.8. The van der Waals surface area contributed by atoms with Crippen LogP contribution in [0.3, 0.4) is 0 Å². The van der Waals surface area contributed by atoms with E-state index in [2.05, 4.69) is 14.8 Å². The van der Waals surface area contributed by atoms with Gasteiger partial charge in [-0.05, 0) is 52.0 Å². The van der Waals surface area contributed by atoms with Gasteiger partial charge in [0.05, 0.1) is 11.6 Å². The SMILES string of the molecule is Cc1ncoc1C(=O)N1CCC(N2CCCC(C(=O)N3CCCC3)C2)CC1. The highest BCUT2D eigenvalue weighted by molar-refractivity contribution is 5.92. The molecule has 0 spiro atoms. The zero-order valence-corrected chi connectivity index (χ0v) is 16.2. The maximum atomic E-state index is 12.8. The van der Waals surface area contributed by atoms with Gasteiger partial charge in [-0.3, -0.25) is 14.5 Å². The summed E-state index contributed by atoms with van der Waals surface area (Å²) in [6, 6.07) is 0.471. The Kier molecular flexibility index (Phi) is 5.48. The van der Waals surface area contributed by atoms with Gasteiger partial charge >= 0.3 is 0 Å². The first kappa shape index (κ1) is 18.5. The Labute approximate surface area is 160 Å². The maximum absolute atomic E-state index is 12.8. The van der Waals surface area contributed by atoms with Crippen LogP contribution < -0.4 is 0 Å². The largest absolute Gasteiger partial charge is 0.438 e. The first-order valence-electron chi connectivity index (χ1n) is 10.4. The molecule has 0 radical (unpaired) electrons. The number of carbonyl (C=O) groups is 2. The minimum absolute atomic E-state index is 0.0517. The lowest BCUT2D eigenvalue weighted by Gasteiger charge is -2.42. The number of nitrogens with zero attached hydrogens (tertiary/aromatic N) is 4. The molecule has 1 atom stereocenters. The van der Waals surface area contributed by atoms with Crippen molar-refractivity contribution in [1.29, 1.82) is 0 Å². The van der Waals surface area contributed by atoms with Crippen LogP contribution in [0, 0.1) is 12.8 Å². The first-order valence-corrected chi connectivity index (χ1v) is 10.4. The lowest BCUT2D eigenvalue weighted by Crippen LogP contribution is -2.51. The van der Waals surface area contributed by atoms with Gasteiger partial charge < -0.3 is 14.2 Å². The molecule has 2 amide bonds. The van der Waals surface area contributed by atoms with E-state index in [1.54, 1.807) is 6.92 Å². The second kappa shape index (κ2) is 8.00. The third kappa shape index (κ3) is 3.88. The van der Waals surface area contributed by atoms with E-state index in [1.807, 2.05) is 4.90 Å². The van der Waals surface area contributed by atoms with Crippen LogP contribution in [0.2, 0.25) is 0 Å². The molecule has 3 aliphatic heterocycles. The van der Waals surface area contributed by atoms with Crippen molar-refractivity contribution in [3.63, 3.8) is 0 Å². The summed E-state index contributed by atoms with van der Waals surface area (Å²) in [4.78, 5) is 35.8. The highest BCUT2D eigenvalue weighted by Crippen LogP contribution is 2.26. The molecule has 148 valence electrons. The number of oxazole rings is 1. The van der Waals surface area contributed by atoms with Gasteiger partial charge in [-0.2, -0.15) is 0 Å². The van der Waals surface area contributed by atoms with Gasteiger partial charge in [0.25, 0.3) is 5.91 Å². The Balaban J connectivity index is 1.30. The highest BCUT2D eigenvalue weighted by Gasteiger charge is 2.35. The second-order valence-electron chi connectivity index (χ2n) is 8.16. The lowest BCUT2D eigenvalue weighted by atomic mass is 9.93. The summed E-state index contributed by atoms with van der Waals surface area (Å²) in [5.41, 5.74) is 0.654. The van der Waals surface area contributed by atoms with Gasteiger partial charge in [0.15, 0.2) is 6.39 Å². The molecule has 1 unspecified atom stereocenters. The van der Waals surface area contributed by atoms with Crippen LogP contribution in [0.15, 0.2) is 10.8 Å². The molecule has 27 heavy (non-hydrogen) atoms. The summed E-state index contributed by atoms with van der Waals surface area (Å²) >= 11 is 0.